The highest BCUT2D eigenvalue weighted by Crippen LogP contribution is 2.15. The molecule has 1 aliphatic carbocycles. The molecule has 0 spiro atoms. The van der Waals surface area contributed by atoms with Gasteiger partial charge in [-0.05, 0) is 18.4 Å². The predicted molar refractivity (Wildman–Crippen MR) is 60.3 cm³/mol. The molecule has 0 atom stereocenters. The van der Waals surface area contributed by atoms with Crippen LogP contribution in [0.4, 0.5) is 0 Å². The van der Waals surface area contributed by atoms with E-state index >= 15 is 0 Å². The van der Waals surface area contributed by atoms with Crippen molar-refractivity contribution in [2.45, 2.75) is 38.5 Å². The van der Waals surface area contributed by atoms with Gasteiger partial charge < -0.3 is 5.11 Å². The van der Waals surface area contributed by atoms with Gasteiger partial charge in [-0.1, -0.05) is 56.0 Å². The summed E-state index contributed by atoms with van der Waals surface area (Å²) in [4.78, 5) is 0. The van der Waals surface area contributed by atoms with E-state index in [1.54, 1.807) is 0 Å². The van der Waals surface area contributed by atoms with E-state index in [9.17, 15) is 0 Å². The van der Waals surface area contributed by atoms with Gasteiger partial charge in [0.15, 0.2) is 0 Å². The van der Waals surface area contributed by atoms with Crippen LogP contribution in [0.3, 0.4) is 0 Å². The minimum Gasteiger partial charge on any atom is -0.396 e. The third-order valence-corrected chi connectivity index (χ3v) is 2.47. The van der Waals surface area contributed by atoms with Gasteiger partial charge in [0.25, 0.3) is 0 Å². The number of hydrogen-bond acceptors (Lipinski definition) is 1. The fourth-order valence-electron chi connectivity index (χ4n) is 1.18. The summed E-state index contributed by atoms with van der Waals surface area (Å²) >= 11 is 0. The standard InChI is InChI=1S/C9H12O.C4H8/c10-8-4-7-9-5-2-1-3-6-9;1-2-4-3-1/h1-3,5-6,10H,4,7-8H2;1-4H2. The van der Waals surface area contributed by atoms with Gasteiger partial charge in [0.2, 0.25) is 0 Å². The van der Waals surface area contributed by atoms with Crippen molar-refractivity contribution in [3.8, 4) is 0 Å². The van der Waals surface area contributed by atoms with Crippen molar-refractivity contribution in [1.29, 1.82) is 0 Å². The Hall–Kier alpha value is -0.820. The maximum absolute atomic E-state index is 8.53. The van der Waals surface area contributed by atoms with Crippen LogP contribution in [0.5, 0.6) is 0 Å². The molecule has 0 radical (unpaired) electrons. The first-order valence-electron chi connectivity index (χ1n) is 5.58. The second kappa shape index (κ2) is 7.57. The van der Waals surface area contributed by atoms with E-state index in [1.165, 1.54) is 31.2 Å². The first-order valence-corrected chi connectivity index (χ1v) is 5.58. The van der Waals surface area contributed by atoms with Gasteiger partial charge in [0, 0.05) is 6.61 Å². The van der Waals surface area contributed by atoms with Crippen molar-refractivity contribution >= 4 is 0 Å². The van der Waals surface area contributed by atoms with Crippen molar-refractivity contribution < 1.29 is 5.11 Å². The topological polar surface area (TPSA) is 20.2 Å². The van der Waals surface area contributed by atoms with Gasteiger partial charge in [-0.2, -0.15) is 0 Å². The molecule has 1 fully saturated rings. The lowest BCUT2D eigenvalue weighted by molar-refractivity contribution is 0.288. The van der Waals surface area contributed by atoms with E-state index in [4.69, 9.17) is 5.11 Å². The smallest absolute Gasteiger partial charge is 0.0434 e. The second-order valence-electron chi connectivity index (χ2n) is 3.73. The number of benzene rings is 1. The number of aliphatic hydroxyl groups excluding tert-OH is 1. The summed E-state index contributed by atoms with van der Waals surface area (Å²) in [5, 5.41) is 8.53. The second-order valence-corrected chi connectivity index (χ2v) is 3.73. The van der Waals surface area contributed by atoms with E-state index in [2.05, 4.69) is 12.1 Å². The lowest BCUT2D eigenvalue weighted by atomic mass is 10.0. The fourth-order valence-corrected chi connectivity index (χ4v) is 1.18. The normalized spacial score (nSPS) is 13.8. The lowest BCUT2D eigenvalue weighted by Gasteiger charge is -2.05. The third kappa shape index (κ3) is 5.03. The summed E-state index contributed by atoms with van der Waals surface area (Å²) in [5.41, 5.74) is 1.30. The Morgan fingerprint density at radius 3 is 1.93 bits per heavy atom. The molecule has 0 amide bonds. The van der Waals surface area contributed by atoms with Gasteiger partial charge >= 0.3 is 0 Å². The highest BCUT2D eigenvalue weighted by molar-refractivity contribution is 5.14. The van der Waals surface area contributed by atoms with Crippen LogP contribution < -0.4 is 0 Å². The van der Waals surface area contributed by atoms with Crippen LogP contribution in [0.15, 0.2) is 30.3 Å². The Morgan fingerprint density at radius 1 is 0.929 bits per heavy atom. The van der Waals surface area contributed by atoms with Crippen molar-refractivity contribution in [2.75, 3.05) is 6.61 Å². The van der Waals surface area contributed by atoms with Gasteiger partial charge in [-0.3, -0.25) is 0 Å². The molecule has 0 saturated heterocycles. The zero-order valence-electron chi connectivity index (χ0n) is 8.78. The highest BCUT2D eigenvalue weighted by atomic mass is 16.2. The summed E-state index contributed by atoms with van der Waals surface area (Å²) < 4.78 is 0. The molecule has 1 heteroatoms. The monoisotopic (exact) mass is 192 g/mol. The number of aryl methyl sites for hydroxylation is 1. The summed E-state index contributed by atoms with van der Waals surface area (Å²) in [5.74, 6) is 0. The molecule has 14 heavy (non-hydrogen) atoms. The van der Waals surface area contributed by atoms with E-state index in [0.29, 0.717) is 0 Å². The molecule has 0 heterocycles. The average Bonchev–Trinajstić information content (AvgIpc) is 2.14. The van der Waals surface area contributed by atoms with Crippen LogP contribution in [0.1, 0.15) is 37.7 Å². The Bertz CT molecular complexity index is 210. The van der Waals surface area contributed by atoms with Crippen LogP contribution in [-0.4, -0.2) is 11.7 Å². The van der Waals surface area contributed by atoms with Crippen LogP contribution in [0, 0.1) is 0 Å². The molecule has 1 N–H and O–H groups in total. The third-order valence-electron chi connectivity index (χ3n) is 2.47. The van der Waals surface area contributed by atoms with Gasteiger partial charge in [0.1, 0.15) is 0 Å². The molecule has 78 valence electrons. The van der Waals surface area contributed by atoms with Gasteiger partial charge in [-0.25, -0.2) is 0 Å². The van der Waals surface area contributed by atoms with Crippen molar-refractivity contribution in [1.82, 2.24) is 0 Å². The Kier molecular flexibility index (Phi) is 6.09. The summed E-state index contributed by atoms with van der Waals surface area (Å²) in [6.07, 6.45) is 7.85. The van der Waals surface area contributed by atoms with Crippen molar-refractivity contribution in [3.05, 3.63) is 35.9 Å². The Labute approximate surface area is 86.8 Å². The maximum Gasteiger partial charge on any atom is 0.0434 e. The van der Waals surface area contributed by atoms with Gasteiger partial charge in [0.05, 0.1) is 0 Å². The number of aliphatic hydroxyl groups is 1. The molecule has 1 aromatic rings. The first-order chi connectivity index (χ1) is 6.93. The maximum atomic E-state index is 8.53. The molecule has 1 aromatic carbocycles. The fraction of sp³-hybridized carbons (Fsp3) is 0.538. The van der Waals surface area contributed by atoms with E-state index in [0.717, 1.165) is 12.8 Å². The Morgan fingerprint density at radius 2 is 1.50 bits per heavy atom. The predicted octanol–water partition coefficient (Wildman–Crippen LogP) is 3.17. The molecular weight excluding hydrogens is 172 g/mol. The van der Waals surface area contributed by atoms with Crippen LogP contribution in [0.25, 0.3) is 0 Å². The number of rotatable bonds is 3. The Balaban J connectivity index is 0.000000203. The van der Waals surface area contributed by atoms with Crippen LogP contribution in [-0.2, 0) is 6.42 Å². The van der Waals surface area contributed by atoms with Crippen LogP contribution >= 0.6 is 0 Å². The lowest BCUT2D eigenvalue weighted by Crippen LogP contribution is -1.87. The van der Waals surface area contributed by atoms with Crippen molar-refractivity contribution in [3.63, 3.8) is 0 Å². The van der Waals surface area contributed by atoms with E-state index in [-0.39, 0.29) is 6.61 Å². The summed E-state index contributed by atoms with van der Waals surface area (Å²) in [7, 11) is 0. The van der Waals surface area contributed by atoms with Crippen LogP contribution in [0.2, 0.25) is 0 Å². The molecule has 0 aromatic heterocycles. The zero-order chi connectivity index (χ0) is 10.1. The summed E-state index contributed by atoms with van der Waals surface area (Å²) in [6, 6.07) is 10.2. The number of hydrogen-bond donors (Lipinski definition) is 1. The highest BCUT2D eigenvalue weighted by Gasteiger charge is 1.95. The summed E-state index contributed by atoms with van der Waals surface area (Å²) in [6.45, 7) is 0.287. The molecule has 1 saturated carbocycles. The largest absolute Gasteiger partial charge is 0.396 e. The molecule has 2 rings (SSSR count). The molecule has 0 aliphatic heterocycles. The quantitative estimate of drug-likeness (QED) is 0.780. The molecule has 0 unspecified atom stereocenters. The minimum absolute atomic E-state index is 0.287. The molecule has 1 aliphatic rings. The first kappa shape index (κ1) is 11.3. The minimum atomic E-state index is 0.287. The molecule has 1 nitrogen and oxygen atoms in total. The van der Waals surface area contributed by atoms with Gasteiger partial charge in [-0.15, -0.1) is 0 Å². The van der Waals surface area contributed by atoms with E-state index < -0.39 is 0 Å². The van der Waals surface area contributed by atoms with E-state index in [1.807, 2.05) is 18.2 Å². The molecule has 0 bridgehead atoms. The zero-order valence-corrected chi connectivity index (χ0v) is 8.78. The molecular formula is C13H20O. The average molecular weight is 192 g/mol. The van der Waals surface area contributed by atoms with Crippen molar-refractivity contribution in [2.24, 2.45) is 0 Å². The SMILES string of the molecule is C1CCC1.OCCCc1ccccc1.